The molecule has 0 spiro atoms. The number of rotatable bonds is 3. The predicted molar refractivity (Wildman–Crippen MR) is 73.5 cm³/mol. The predicted octanol–water partition coefficient (Wildman–Crippen LogP) is 2.32. The number of nitrogens with zero attached hydrogens (tertiary/aromatic N) is 4. The fourth-order valence-corrected chi connectivity index (χ4v) is 2.00. The summed E-state index contributed by atoms with van der Waals surface area (Å²) in [5.41, 5.74) is 0.989. The van der Waals surface area contributed by atoms with E-state index in [0.717, 1.165) is 22.1 Å². The molecule has 3 rings (SSSR count). The Kier molecular flexibility index (Phi) is 2.94. The van der Waals surface area contributed by atoms with Crippen LogP contribution in [0.5, 0.6) is 5.75 Å². The van der Waals surface area contributed by atoms with Crippen LogP contribution in [0.2, 0.25) is 0 Å². The molecule has 1 heterocycles. The molecule has 0 atom stereocenters. The summed E-state index contributed by atoms with van der Waals surface area (Å²) in [4.78, 5) is 0. The van der Waals surface area contributed by atoms with Gasteiger partial charge in [0.25, 0.3) is 0 Å². The first-order chi connectivity index (χ1) is 9.38. The van der Waals surface area contributed by atoms with Crippen LogP contribution in [0.1, 0.15) is 5.56 Å². The smallest absolute Gasteiger partial charge is 0.141 e. The van der Waals surface area contributed by atoms with E-state index in [1.807, 2.05) is 36.4 Å². The Morgan fingerprint density at radius 1 is 1.11 bits per heavy atom. The number of hydrogen-bond donors (Lipinski definition) is 0. The Morgan fingerprint density at radius 2 is 1.84 bits per heavy atom. The van der Waals surface area contributed by atoms with Gasteiger partial charge in [0.05, 0.1) is 13.3 Å². The number of ether oxygens (including phenoxy) is 1. The first kappa shape index (κ1) is 11.4. The second-order valence-corrected chi connectivity index (χ2v) is 3.99. The van der Waals surface area contributed by atoms with Gasteiger partial charge in [-0.25, -0.2) is 4.68 Å². The van der Waals surface area contributed by atoms with E-state index in [2.05, 4.69) is 15.3 Å². The first-order valence-electron chi connectivity index (χ1n) is 5.83. The highest BCUT2D eigenvalue weighted by Gasteiger charge is 2.04. The summed E-state index contributed by atoms with van der Waals surface area (Å²) >= 11 is 0. The molecule has 94 valence electrons. The zero-order valence-electron chi connectivity index (χ0n) is 10.4. The normalized spacial score (nSPS) is 11.2. The molecule has 0 N–H and O–H groups in total. The van der Waals surface area contributed by atoms with Gasteiger partial charge >= 0.3 is 0 Å². The average Bonchev–Trinajstić information content (AvgIpc) is 2.97. The minimum atomic E-state index is 0.836. The lowest BCUT2D eigenvalue weighted by Crippen LogP contribution is -1.92. The molecule has 0 aliphatic carbocycles. The molecule has 0 amide bonds. The average molecular weight is 252 g/mol. The minimum absolute atomic E-state index is 0.836. The van der Waals surface area contributed by atoms with Gasteiger partial charge in [0, 0.05) is 10.9 Å². The number of methoxy groups -OCH3 is 1. The fraction of sp³-hybridized carbons (Fsp3) is 0.0714. The van der Waals surface area contributed by atoms with Crippen LogP contribution in [-0.2, 0) is 0 Å². The van der Waals surface area contributed by atoms with Gasteiger partial charge in [0.15, 0.2) is 0 Å². The third-order valence-corrected chi connectivity index (χ3v) is 2.86. The van der Waals surface area contributed by atoms with Crippen LogP contribution in [-0.4, -0.2) is 28.2 Å². The van der Waals surface area contributed by atoms with Crippen LogP contribution in [0.3, 0.4) is 0 Å². The Bertz CT molecular complexity index is 714. The lowest BCUT2D eigenvalue weighted by Gasteiger charge is -2.07. The molecule has 0 radical (unpaired) electrons. The summed E-state index contributed by atoms with van der Waals surface area (Å²) in [5, 5.41) is 13.8. The zero-order chi connectivity index (χ0) is 13.1. The summed E-state index contributed by atoms with van der Waals surface area (Å²) in [5.74, 6) is 0.836. The lowest BCUT2D eigenvalue weighted by molar-refractivity contribution is 0.420. The van der Waals surface area contributed by atoms with Crippen molar-refractivity contribution in [3.05, 3.63) is 54.6 Å². The summed E-state index contributed by atoms with van der Waals surface area (Å²) in [6, 6.07) is 12.0. The van der Waals surface area contributed by atoms with Gasteiger partial charge in [0.2, 0.25) is 0 Å². The van der Waals surface area contributed by atoms with Gasteiger partial charge in [-0.3, -0.25) is 0 Å². The zero-order valence-corrected chi connectivity index (χ0v) is 10.4. The standard InChI is InChI=1S/C14H12N4O/c1-19-13-7-3-5-11-4-2-6-12(14(11)13)8-17-18-9-15-16-10-18/h2-10H,1H3/b17-8+. The molecule has 0 saturated carbocycles. The second-order valence-electron chi connectivity index (χ2n) is 3.99. The first-order valence-corrected chi connectivity index (χ1v) is 5.83. The Labute approximate surface area is 110 Å². The molecule has 19 heavy (non-hydrogen) atoms. The third-order valence-electron chi connectivity index (χ3n) is 2.86. The largest absolute Gasteiger partial charge is 0.496 e. The molecule has 5 nitrogen and oxygen atoms in total. The van der Waals surface area contributed by atoms with Crippen molar-refractivity contribution >= 4 is 17.0 Å². The maximum Gasteiger partial charge on any atom is 0.141 e. The third kappa shape index (κ3) is 2.18. The van der Waals surface area contributed by atoms with Crippen molar-refractivity contribution in [3.8, 4) is 5.75 Å². The van der Waals surface area contributed by atoms with Crippen molar-refractivity contribution in [2.45, 2.75) is 0 Å². The minimum Gasteiger partial charge on any atom is -0.496 e. The van der Waals surface area contributed by atoms with E-state index in [9.17, 15) is 0 Å². The van der Waals surface area contributed by atoms with Crippen molar-refractivity contribution in [2.24, 2.45) is 5.10 Å². The Morgan fingerprint density at radius 3 is 2.58 bits per heavy atom. The Hall–Kier alpha value is -2.69. The number of hydrogen-bond acceptors (Lipinski definition) is 4. The molecule has 0 aliphatic rings. The van der Waals surface area contributed by atoms with Gasteiger partial charge in [-0.1, -0.05) is 30.3 Å². The van der Waals surface area contributed by atoms with Crippen molar-refractivity contribution < 1.29 is 4.74 Å². The van der Waals surface area contributed by atoms with E-state index >= 15 is 0 Å². The van der Waals surface area contributed by atoms with Gasteiger partial charge in [-0.2, -0.15) is 5.10 Å². The van der Waals surface area contributed by atoms with Gasteiger partial charge < -0.3 is 4.74 Å². The van der Waals surface area contributed by atoms with Crippen molar-refractivity contribution in [1.82, 2.24) is 14.9 Å². The van der Waals surface area contributed by atoms with E-state index < -0.39 is 0 Å². The van der Waals surface area contributed by atoms with Gasteiger partial charge in [-0.05, 0) is 11.5 Å². The quantitative estimate of drug-likeness (QED) is 0.672. The van der Waals surface area contributed by atoms with Crippen molar-refractivity contribution in [2.75, 3.05) is 7.11 Å². The maximum atomic E-state index is 5.41. The van der Waals surface area contributed by atoms with E-state index in [0.29, 0.717) is 0 Å². The van der Waals surface area contributed by atoms with E-state index in [-0.39, 0.29) is 0 Å². The molecular weight excluding hydrogens is 240 g/mol. The molecule has 0 bridgehead atoms. The number of fused-ring (bicyclic) bond motifs is 1. The highest BCUT2D eigenvalue weighted by molar-refractivity contribution is 6.03. The monoisotopic (exact) mass is 252 g/mol. The van der Waals surface area contributed by atoms with Crippen LogP contribution < -0.4 is 4.74 Å². The summed E-state index contributed by atoms with van der Waals surface area (Å²) in [6.07, 6.45) is 4.85. The summed E-state index contributed by atoms with van der Waals surface area (Å²) in [6.45, 7) is 0. The highest BCUT2D eigenvalue weighted by atomic mass is 16.5. The molecular formula is C14H12N4O. The van der Waals surface area contributed by atoms with Crippen LogP contribution >= 0.6 is 0 Å². The van der Waals surface area contributed by atoms with Gasteiger partial charge in [0.1, 0.15) is 18.4 Å². The molecule has 0 unspecified atom stereocenters. The topological polar surface area (TPSA) is 52.3 Å². The Balaban J connectivity index is 2.13. The van der Waals surface area contributed by atoms with E-state index in [4.69, 9.17) is 4.74 Å². The summed E-state index contributed by atoms with van der Waals surface area (Å²) < 4.78 is 6.96. The van der Waals surface area contributed by atoms with Crippen LogP contribution in [0.4, 0.5) is 0 Å². The second kappa shape index (κ2) is 4.89. The van der Waals surface area contributed by atoms with Crippen LogP contribution in [0.15, 0.2) is 54.2 Å². The SMILES string of the molecule is COc1cccc2cccc(/C=N/n3cnnc3)c12. The number of aromatic nitrogens is 3. The maximum absolute atomic E-state index is 5.41. The highest BCUT2D eigenvalue weighted by Crippen LogP contribution is 2.27. The molecule has 0 fully saturated rings. The van der Waals surface area contributed by atoms with E-state index in [1.165, 1.54) is 0 Å². The summed E-state index contributed by atoms with van der Waals surface area (Å²) in [7, 11) is 1.67. The van der Waals surface area contributed by atoms with E-state index in [1.54, 1.807) is 30.7 Å². The fourth-order valence-electron chi connectivity index (χ4n) is 2.00. The molecule has 3 aromatic rings. The van der Waals surface area contributed by atoms with Crippen LogP contribution in [0, 0.1) is 0 Å². The number of benzene rings is 2. The van der Waals surface area contributed by atoms with Crippen molar-refractivity contribution in [1.29, 1.82) is 0 Å². The van der Waals surface area contributed by atoms with Crippen molar-refractivity contribution in [3.63, 3.8) is 0 Å². The molecule has 1 aromatic heterocycles. The van der Waals surface area contributed by atoms with Crippen LogP contribution in [0.25, 0.3) is 10.8 Å². The molecule has 5 heteroatoms. The molecule has 2 aromatic carbocycles. The van der Waals surface area contributed by atoms with Gasteiger partial charge in [-0.15, -0.1) is 10.2 Å². The molecule has 0 aliphatic heterocycles. The molecule has 0 saturated heterocycles. The lowest BCUT2D eigenvalue weighted by atomic mass is 10.0.